The number of thiocarbonyl (C=S) groups is 1. The van der Waals surface area contributed by atoms with Gasteiger partial charge in [0.25, 0.3) is 5.91 Å². The van der Waals surface area contributed by atoms with Crippen LogP contribution in [0, 0.1) is 0 Å². The standard InChI is InChI=1S/C11H13N5O2S/c1-16-7(17)3-2-6(11(16)18)15-10-8(9(12)19)13-4-5-14-10/h4-6H,2-3H2,1H3,(H2,12,19)(H,14,15). The van der Waals surface area contributed by atoms with Gasteiger partial charge in [-0.15, -0.1) is 0 Å². The molecule has 2 rings (SSSR count). The fourth-order valence-electron chi connectivity index (χ4n) is 1.84. The van der Waals surface area contributed by atoms with Gasteiger partial charge >= 0.3 is 0 Å². The number of rotatable bonds is 3. The normalized spacial score (nSPS) is 19.4. The molecule has 1 saturated heterocycles. The summed E-state index contributed by atoms with van der Waals surface area (Å²) in [5, 5.41) is 2.95. The molecule has 19 heavy (non-hydrogen) atoms. The van der Waals surface area contributed by atoms with Gasteiger partial charge in [-0.1, -0.05) is 12.2 Å². The molecule has 0 radical (unpaired) electrons. The molecule has 0 bridgehead atoms. The predicted molar refractivity (Wildman–Crippen MR) is 72.3 cm³/mol. The van der Waals surface area contributed by atoms with Gasteiger partial charge in [0.15, 0.2) is 5.82 Å². The Labute approximate surface area is 115 Å². The van der Waals surface area contributed by atoms with E-state index in [9.17, 15) is 9.59 Å². The average Bonchev–Trinajstić information content (AvgIpc) is 2.40. The van der Waals surface area contributed by atoms with Crippen molar-refractivity contribution >= 4 is 34.8 Å². The highest BCUT2D eigenvalue weighted by Gasteiger charge is 2.32. The van der Waals surface area contributed by atoms with E-state index < -0.39 is 6.04 Å². The van der Waals surface area contributed by atoms with Crippen molar-refractivity contribution in [1.29, 1.82) is 0 Å². The lowest BCUT2D eigenvalue weighted by atomic mass is 10.0. The number of hydrogen-bond acceptors (Lipinski definition) is 6. The molecule has 1 aliphatic heterocycles. The van der Waals surface area contributed by atoms with Crippen LogP contribution < -0.4 is 11.1 Å². The number of nitrogens with two attached hydrogens (primary N) is 1. The number of carbonyl (C=O) groups excluding carboxylic acids is 2. The second-order valence-electron chi connectivity index (χ2n) is 4.14. The summed E-state index contributed by atoms with van der Waals surface area (Å²) in [6.07, 6.45) is 3.67. The number of imide groups is 1. The van der Waals surface area contributed by atoms with Gasteiger partial charge in [0.05, 0.1) is 0 Å². The van der Waals surface area contributed by atoms with Gasteiger partial charge in [-0.25, -0.2) is 9.97 Å². The van der Waals surface area contributed by atoms with E-state index in [1.807, 2.05) is 0 Å². The second kappa shape index (κ2) is 5.27. The largest absolute Gasteiger partial charge is 0.388 e. The number of piperidine rings is 1. The van der Waals surface area contributed by atoms with E-state index in [1.165, 1.54) is 19.4 Å². The smallest absolute Gasteiger partial charge is 0.251 e. The fourth-order valence-corrected chi connectivity index (χ4v) is 1.99. The Morgan fingerprint density at radius 1 is 1.47 bits per heavy atom. The first-order chi connectivity index (χ1) is 9.00. The number of likely N-dealkylation sites (tertiary alicyclic amines) is 1. The van der Waals surface area contributed by atoms with Crippen LogP contribution in [0.5, 0.6) is 0 Å². The molecule has 1 aromatic heterocycles. The third-order valence-corrected chi connectivity index (χ3v) is 3.09. The van der Waals surface area contributed by atoms with Crippen molar-refractivity contribution in [2.45, 2.75) is 18.9 Å². The minimum Gasteiger partial charge on any atom is -0.388 e. The van der Waals surface area contributed by atoms with Crippen LogP contribution in [0.2, 0.25) is 0 Å². The average molecular weight is 279 g/mol. The molecule has 8 heteroatoms. The van der Waals surface area contributed by atoms with Gasteiger partial charge in [-0.3, -0.25) is 14.5 Å². The van der Waals surface area contributed by atoms with Crippen molar-refractivity contribution in [3.8, 4) is 0 Å². The molecule has 2 heterocycles. The number of aromatic nitrogens is 2. The lowest BCUT2D eigenvalue weighted by molar-refractivity contribution is -0.146. The first kappa shape index (κ1) is 13.3. The van der Waals surface area contributed by atoms with Gasteiger partial charge in [-0.2, -0.15) is 0 Å². The Morgan fingerprint density at radius 3 is 2.84 bits per heavy atom. The summed E-state index contributed by atoms with van der Waals surface area (Å²) in [4.78, 5) is 32.6. The van der Waals surface area contributed by atoms with Crippen LogP contribution in [0.25, 0.3) is 0 Å². The molecule has 0 aromatic carbocycles. The zero-order valence-electron chi connectivity index (χ0n) is 10.3. The molecule has 0 spiro atoms. The third kappa shape index (κ3) is 2.68. The Morgan fingerprint density at radius 2 is 2.16 bits per heavy atom. The highest BCUT2D eigenvalue weighted by atomic mass is 32.1. The van der Waals surface area contributed by atoms with E-state index in [0.29, 0.717) is 24.4 Å². The minimum atomic E-state index is -0.521. The quantitative estimate of drug-likeness (QED) is 0.577. The van der Waals surface area contributed by atoms with Crippen LogP contribution in [0.4, 0.5) is 5.82 Å². The first-order valence-electron chi connectivity index (χ1n) is 5.68. The second-order valence-corrected chi connectivity index (χ2v) is 4.58. The van der Waals surface area contributed by atoms with Gasteiger partial charge in [-0.05, 0) is 6.42 Å². The topological polar surface area (TPSA) is 101 Å². The summed E-state index contributed by atoms with van der Waals surface area (Å²) < 4.78 is 0. The zero-order chi connectivity index (χ0) is 14.0. The van der Waals surface area contributed by atoms with Crippen molar-refractivity contribution in [3.63, 3.8) is 0 Å². The summed E-state index contributed by atoms with van der Waals surface area (Å²) >= 11 is 4.87. The lowest BCUT2D eigenvalue weighted by Crippen LogP contribution is -2.48. The number of anilines is 1. The van der Waals surface area contributed by atoms with Crippen LogP contribution in [0.15, 0.2) is 12.4 Å². The maximum atomic E-state index is 12.0. The Kier molecular flexibility index (Phi) is 3.70. The Hall–Kier alpha value is -2.09. The monoisotopic (exact) mass is 279 g/mol. The molecule has 100 valence electrons. The number of carbonyl (C=O) groups is 2. The molecular weight excluding hydrogens is 266 g/mol. The van der Waals surface area contributed by atoms with Gasteiger partial charge in [0, 0.05) is 25.9 Å². The molecule has 0 aliphatic carbocycles. The number of nitrogens with one attached hydrogen (secondary N) is 1. The van der Waals surface area contributed by atoms with E-state index in [1.54, 1.807) is 0 Å². The van der Waals surface area contributed by atoms with Crippen LogP contribution in [0.1, 0.15) is 18.5 Å². The first-order valence-corrected chi connectivity index (χ1v) is 6.09. The Balaban J connectivity index is 2.20. The van der Waals surface area contributed by atoms with Crippen LogP contribution in [-0.4, -0.2) is 44.8 Å². The number of nitrogens with zero attached hydrogens (tertiary/aromatic N) is 3. The van der Waals surface area contributed by atoms with E-state index in [4.69, 9.17) is 18.0 Å². The van der Waals surface area contributed by atoms with Gasteiger partial charge in [0.2, 0.25) is 5.91 Å². The highest BCUT2D eigenvalue weighted by Crippen LogP contribution is 2.17. The van der Waals surface area contributed by atoms with E-state index in [0.717, 1.165) is 4.90 Å². The molecule has 2 amide bonds. The maximum Gasteiger partial charge on any atom is 0.251 e. The van der Waals surface area contributed by atoms with Crippen molar-refractivity contribution in [1.82, 2.24) is 14.9 Å². The highest BCUT2D eigenvalue weighted by molar-refractivity contribution is 7.80. The van der Waals surface area contributed by atoms with Crippen molar-refractivity contribution in [3.05, 3.63) is 18.1 Å². The molecule has 3 N–H and O–H groups in total. The number of likely N-dealkylation sites (N-methyl/N-ethyl adjacent to an activating group) is 1. The fraction of sp³-hybridized carbons (Fsp3) is 0.364. The van der Waals surface area contributed by atoms with Crippen LogP contribution >= 0.6 is 12.2 Å². The summed E-state index contributed by atoms with van der Waals surface area (Å²) in [5.41, 5.74) is 5.88. The molecule has 0 saturated carbocycles. The third-order valence-electron chi connectivity index (χ3n) is 2.89. The molecule has 1 aromatic rings. The van der Waals surface area contributed by atoms with Crippen molar-refractivity contribution < 1.29 is 9.59 Å². The van der Waals surface area contributed by atoms with Crippen LogP contribution in [0.3, 0.4) is 0 Å². The predicted octanol–water partition coefficient (Wildman–Crippen LogP) is -0.330. The maximum absolute atomic E-state index is 12.0. The summed E-state index contributed by atoms with van der Waals surface area (Å²) in [7, 11) is 1.46. The van der Waals surface area contributed by atoms with Crippen molar-refractivity contribution in [2.24, 2.45) is 5.73 Å². The van der Waals surface area contributed by atoms with Gasteiger partial charge in [0.1, 0.15) is 16.7 Å². The van der Waals surface area contributed by atoms with Gasteiger partial charge < -0.3 is 11.1 Å². The zero-order valence-corrected chi connectivity index (χ0v) is 11.1. The summed E-state index contributed by atoms with van der Waals surface area (Å²) in [5.74, 6) is -0.122. The Bertz CT molecular complexity index is 548. The van der Waals surface area contributed by atoms with Crippen LogP contribution in [-0.2, 0) is 9.59 Å². The lowest BCUT2D eigenvalue weighted by Gasteiger charge is -2.28. The molecular formula is C11H13N5O2S. The molecule has 1 unspecified atom stereocenters. The minimum absolute atomic E-state index is 0.100. The van der Waals surface area contributed by atoms with E-state index in [-0.39, 0.29) is 16.8 Å². The molecule has 1 atom stereocenters. The number of amides is 2. The molecule has 1 aliphatic rings. The molecule has 7 nitrogen and oxygen atoms in total. The van der Waals surface area contributed by atoms with Crippen molar-refractivity contribution in [2.75, 3.05) is 12.4 Å². The number of hydrogen-bond donors (Lipinski definition) is 2. The summed E-state index contributed by atoms with van der Waals surface area (Å²) in [6.45, 7) is 0. The van der Waals surface area contributed by atoms with E-state index in [2.05, 4.69) is 15.3 Å². The van der Waals surface area contributed by atoms with E-state index >= 15 is 0 Å². The SMILES string of the molecule is CN1C(=O)CCC(Nc2nccnc2C(N)=S)C1=O. The summed E-state index contributed by atoms with van der Waals surface area (Å²) in [6, 6.07) is -0.521. The molecule has 1 fully saturated rings.